The van der Waals surface area contributed by atoms with E-state index in [2.05, 4.69) is 4.98 Å². The second-order valence-corrected chi connectivity index (χ2v) is 5.57. The molecule has 2 aromatic rings. The van der Waals surface area contributed by atoms with Crippen LogP contribution in [0.4, 0.5) is 0 Å². The van der Waals surface area contributed by atoms with Crippen LogP contribution in [0, 0.1) is 13.8 Å². The molecule has 0 aliphatic carbocycles. The Labute approximate surface area is 123 Å². The number of aliphatic hydroxyl groups is 1. The Kier molecular flexibility index (Phi) is 4.62. The normalized spacial score (nSPS) is 12.2. The van der Waals surface area contributed by atoms with Gasteiger partial charge in [0.25, 0.3) is 0 Å². The number of nitrogens with zero attached hydrogens (tertiary/aromatic N) is 1. The van der Waals surface area contributed by atoms with Gasteiger partial charge in [-0.25, -0.2) is 0 Å². The van der Waals surface area contributed by atoms with E-state index >= 15 is 0 Å². The largest absolute Gasteiger partial charge is 0.496 e. The molecule has 0 fully saturated rings. The Morgan fingerprint density at radius 3 is 2.70 bits per heavy atom. The second-order valence-electron chi connectivity index (χ2n) is 4.62. The molecular weight excluding hydrogens is 274 g/mol. The van der Waals surface area contributed by atoms with Gasteiger partial charge in [-0.15, -0.1) is 11.3 Å². The zero-order valence-corrected chi connectivity index (χ0v) is 13.0. The van der Waals surface area contributed by atoms with E-state index in [0.29, 0.717) is 6.42 Å². The van der Waals surface area contributed by atoms with Crippen LogP contribution < -0.4 is 9.47 Å². The van der Waals surface area contributed by atoms with Gasteiger partial charge in [-0.1, -0.05) is 0 Å². The van der Waals surface area contributed by atoms with E-state index in [0.717, 1.165) is 33.2 Å². The summed E-state index contributed by atoms with van der Waals surface area (Å²) in [5.41, 5.74) is 2.81. The van der Waals surface area contributed by atoms with Crippen molar-refractivity contribution in [2.75, 3.05) is 14.2 Å². The Morgan fingerprint density at radius 1 is 1.30 bits per heavy atom. The van der Waals surface area contributed by atoms with Crippen molar-refractivity contribution >= 4 is 11.3 Å². The van der Waals surface area contributed by atoms with Crippen LogP contribution in [-0.4, -0.2) is 24.3 Å². The van der Waals surface area contributed by atoms with Crippen molar-refractivity contribution < 1.29 is 14.6 Å². The number of aryl methyl sites for hydroxylation is 1. The molecule has 1 unspecified atom stereocenters. The fourth-order valence-electron chi connectivity index (χ4n) is 2.27. The molecule has 1 atom stereocenters. The van der Waals surface area contributed by atoms with E-state index in [9.17, 15) is 5.11 Å². The summed E-state index contributed by atoms with van der Waals surface area (Å²) in [5.74, 6) is 1.56. The van der Waals surface area contributed by atoms with Crippen LogP contribution in [0.5, 0.6) is 11.5 Å². The minimum atomic E-state index is -0.622. The van der Waals surface area contributed by atoms with Crippen molar-refractivity contribution in [3.8, 4) is 11.5 Å². The number of aromatic nitrogens is 1. The quantitative estimate of drug-likeness (QED) is 0.920. The molecule has 0 saturated carbocycles. The summed E-state index contributed by atoms with van der Waals surface area (Å²) < 4.78 is 10.6. The summed E-state index contributed by atoms with van der Waals surface area (Å²) in [6, 6.07) is 1.86. The molecule has 2 rings (SSSR count). The molecule has 0 bridgehead atoms. The third-order valence-corrected chi connectivity index (χ3v) is 4.32. The SMILES string of the molecule is COc1ccsc1C(O)Cc1ncc(C)c(OC)c1C. The molecule has 0 spiro atoms. The third-order valence-electron chi connectivity index (χ3n) is 3.32. The van der Waals surface area contributed by atoms with Crippen molar-refractivity contribution in [2.45, 2.75) is 26.4 Å². The number of pyridine rings is 1. The van der Waals surface area contributed by atoms with Crippen LogP contribution in [0.1, 0.15) is 27.8 Å². The zero-order chi connectivity index (χ0) is 14.7. The number of ether oxygens (including phenoxy) is 2. The summed E-state index contributed by atoms with van der Waals surface area (Å²) in [6.07, 6.45) is 1.60. The lowest BCUT2D eigenvalue weighted by atomic mass is 10.0. The maximum absolute atomic E-state index is 10.4. The van der Waals surface area contributed by atoms with Crippen LogP contribution in [0.25, 0.3) is 0 Å². The van der Waals surface area contributed by atoms with E-state index < -0.39 is 6.10 Å². The Morgan fingerprint density at radius 2 is 2.05 bits per heavy atom. The fourth-order valence-corrected chi connectivity index (χ4v) is 3.12. The first-order chi connectivity index (χ1) is 9.58. The van der Waals surface area contributed by atoms with Gasteiger partial charge in [-0.2, -0.15) is 0 Å². The Bertz CT molecular complexity index is 595. The van der Waals surface area contributed by atoms with Gasteiger partial charge in [0.15, 0.2) is 0 Å². The topological polar surface area (TPSA) is 51.6 Å². The van der Waals surface area contributed by atoms with Crippen LogP contribution >= 0.6 is 11.3 Å². The highest BCUT2D eigenvalue weighted by Crippen LogP contribution is 2.34. The van der Waals surface area contributed by atoms with Crippen molar-refractivity contribution in [1.29, 1.82) is 0 Å². The molecule has 4 nitrogen and oxygen atoms in total. The monoisotopic (exact) mass is 293 g/mol. The third kappa shape index (κ3) is 2.78. The lowest BCUT2D eigenvalue weighted by molar-refractivity contribution is 0.176. The molecule has 1 N–H and O–H groups in total. The van der Waals surface area contributed by atoms with Gasteiger partial charge >= 0.3 is 0 Å². The summed E-state index contributed by atoms with van der Waals surface area (Å²) in [6.45, 7) is 3.92. The van der Waals surface area contributed by atoms with Crippen LogP contribution in [0.3, 0.4) is 0 Å². The Hall–Kier alpha value is -1.59. The molecule has 0 aliphatic heterocycles. The van der Waals surface area contributed by atoms with Gasteiger partial charge in [0.1, 0.15) is 11.5 Å². The minimum Gasteiger partial charge on any atom is -0.496 e. The Balaban J connectivity index is 2.26. The first-order valence-corrected chi connectivity index (χ1v) is 7.25. The average molecular weight is 293 g/mol. The van der Waals surface area contributed by atoms with Gasteiger partial charge in [-0.3, -0.25) is 4.98 Å². The lowest BCUT2D eigenvalue weighted by Crippen LogP contribution is -2.06. The van der Waals surface area contributed by atoms with E-state index in [-0.39, 0.29) is 0 Å². The first kappa shape index (κ1) is 14.8. The van der Waals surface area contributed by atoms with Crippen LogP contribution in [-0.2, 0) is 6.42 Å². The summed E-state index contributed by atoms with van der Waals surface area (Å²) >= 11 is 1.49. The molecule has 0 aromatic carbocycles. The zero-order valence-electron chi connectivity index (χ0n) is 12.1. The summed E-state index contributed by atoms with van der Waals surface area (Å²) in [4.78, 5) is 5.24. The molecule has 20 heavy (non-hydrogen) atoms. The molecule has 2 heterocycles. The number of methoxy groups -OCH3 is 2. The number of thiophene rings is 1. The van der Waals surface area contributed by atoms with Crippen molar-refractivity contribution in [1.82, 2.24) is 4.98 Å². The highest BCUT2D eigenvalue weighted by molar-refractivity contribution is 7.10. The average Bonchev–Trinajstić information content (AvgIpc) is 2.91. The molecule has 0 amide bonds. The standard InChI is InChI=1S/C15H19NO3S/c1-9-8-16-11(10(2)14(9)19-4)7-12(17)15-13(18-3)5-6-20-15/h5-6,8,12,17H,7H2,1-4H3. The van der Waals surface area contributed by atoms with Gasteiger partial charge < -0.3 is 14.6 Å². The van der Waals surface area contributed by atoms with Crippen molar-refractivity contribution in [3.05, 3.63) is 39.3 Å². The van der Waals surface area contributed by atoms with Crippen molar-refractivity contribution in [3.63, 3.8) is 0 Å². The smallest absolute Gasteiger partial charge is 0.135 e. The van der Waals surface area contributed by atoms with E-state index in [4.69, 9.17) is 9.47 Å². The minimum absolute atomic E-state index is 0.444. The van der Waals surface area contributed by atoms with Gasteiger partial charge in [-0.05, 0) is 25.3 Å². The molecule has 0 aliphatic rings. The number of hydrogen-bond donors (Lipinski definition) is 1. The molecule has 108 valence electrons. The molecular formula is C15H19NO3S. The molecule has 0 saturated heterocycles. The predicted molar refractivity (Wildman–Crippen MR) is 79.8 cm³/mol. The highest BCUT2D eigenvalue weighted by Gasteiger charge is 2.18. The van der Waals surface area contributed by atoms with Crippen LogP contribution in [0.2, 0.25) is 0 Å². The maximum atomic E-state index is 10.4. The van der Waals surface area contributed by atoms with Gasteiger partial charge in [0, 0.05) is 29.4 Å². The molecule has 5 heteroatoms. The van der Waals surface area contributed by atoms with Gasteiger partial charge in [0.05, 0.1) is 25.2 Å². The van der Waals surface area contributed by atoms with E-state index in [1.54, 1.807) is 20.4 Å². The second kappa shape index (κ2) is 6.24. The lowest BCUT2D eigenvalue weighted by Gasteiger charge is -2.15. The first-order valence-electron chi connectivity index (χ1n) is 6.37. The molecule has 2 aromatic heterocycles. The number of hydrogen-bond acceptors (Lipinski definition) is 5. The number of rotatable bonds is 5. The van der Waals surface area contributed by atoms with Crippen molar-refractivity contribution in [2.24, 2.45) is 0 Å². The predicted octanol–water partition coefficient (Wildman–Crippen LogP) is 3.05. The maximum Gasteiger partial charge on any atom is 0.135 e. The van der Waals surface area contributed by atoms with E-state index in [1.807, 2.05) is 25.3 Å². The summed E-state index contributed by atoms with van der Waals surface area (Å²) in [5, 5.41) is 12.3. The highest BCUT2D eigenvalue weighted by atomic mass is 32.1. The fraction of sp³-hybridized carbons (Fsp3) is 0.400. The summed E-state index contributed by atoms with van der Waals surface area (Å²) in [7, 11) is 3.26. The van der Waals surface area contributed by atoms with Crippen LogP contribution in [0.15, 0.2) is 17.6 Å². The number of aliphatic hydroxyl groups excluding tert-OH is 1. The molecule has 0 radical (unpaired) electrons. The van der Waals surface area contributed by atoms with E-state index in [1.165, 1.54) is 11.3 Å². The van der Waals surface area contributed by atoms with Gasteiger partial charge in [0.2, 0.25) is 0 Å².